The van der Waals surface area contributed by atoms with E-state index in [0.29, 0.717) is 5.56 Å². The topological polar surface area (TPSA) is 75.5 Å². The Balaban J connectivity index is 1.89. The number of amides is 1. The number of nitro groups is 1. The zero-order valence-electron chi connectivity index (χ0n) is 16.1. The number of nitrogens with one attached hydrogen (secondary N) is 1. The Morgan fingerprint density at radius 1 is 1.14 bits per heavy atom. The van der Waals surface area contributed by atoms with Gasteiger partial charge < -0.3 is 4.90 Å². The smallest absolute Gasteiger partial charge is 0.269 e. The molecule has 0 spiro atoms. The van der Waals surface area contributed by atoms with Crippen molar-refractivity contribution in [3.63, 3.8) is 0 Å². The van der Waals surface area contributed by atoms with Crippen LogP contribution in [0.1, 0.15) is 42.3 Å². The minimum absolute atomic E-state index is 0.0683. The van der Waals surface area contributed by atoms with Crippen LogP contribution >= 0.6 is 12.2 Å². The molecule has 2 aromatic carbocycles. The number of non-ortho nitro benzene ring substituents is 1. The average Bonchev–Trinajstić information content (AvgIpc) is 2.61. The summed E-state index contributed by atoms with van der Waals surface area (Å²) < 4.78 is 0. The molecule has 28 heavy (non-hydrogen) atoms. The molecule has 0 atom stereocenters. The number of allylic oxidation sites excluding steroid dienone is 1. The quantitative estimate of drug-likeness (QED) is 0.456. The van der Waals surface area contributed by atoms with Gasteiger partial charge in [-0.1, -0.05) is 17.7 Å². The number of hydrogen-bond donors (Lipinski definition) is 1. The molecule has 144 valence electrons. The van der Waals surface area contributed by atoms with Crippen LogP contribution in [0.5, 0.6) is 0 Å². The van der Waals surface area contributed by atoms with Crippen LogP contribution in [0.4, 0.5) is 11.4 Å². The second kappa shape index (κ2) is 7.16. The highest BCUT2D eigenvalue weighted by molar-refractivity contribution is 7.80. The Kier molecular flexibility index (Phi) is 5.04. The number of fused-ring (bicyclic) bond motifs is 1. The monoisotopic (exact) mass is 395 g/mol. The van der Waals surface area contributed by atoms with Gasteiger partial charge in [0, 0.05) is 23.3 Å². The fraction of sp³-hybridized carbons (Fsp3) is 0.238. The Bertz CT molecular complexity index is 1010. The summed E-state index contributed by atoms with van der Waals surface area (Å²) >= 11 is 5.57. The first kappa shape index (κ1) is 19.7. The molecular formula is C21H21N3O3S. The van der Waals surface area contributed by atoms with Crippen molar-refractivity contribution in [3.05, 3.63) is 75.3 Å². The minimum atomic E-state index is -0.504. The Morgan fingerprint density at radius 3 is 2.39 bits per heavy atom. The third-order valence-electron chi connectivity index (χ3n) is 4.73. The molecule has 1 N–H and O–H groups in total. The molecular weight excluding hydrogens is 374 g/mol. The molecule has 2 aromatic rings. The lowest BCUT2D eigenvalue weighted by Crippen LogP contribution is -2.54. The van der Waals surface area contributed by atoms with Gasteiger partial charge in [0.1, 0.15) is 0 Å². The van der Waals surface area contributed by atoms with E-state index in [1.54, 1.807) is 0 Å². The summed E-state index contributed by atoms with van der Waals surface area (Å²) in [5, 5.41) is 13.8. The minimum Gasteiger partial charge on any atom is -0.309 e. The van der Waals surface area contributed by atoms with E-state index in [9.17, 15) is 14.9 Å². The van der Waals surface area contributed by atoms with Gasteiger partial charge in [0.05, 0.1) is 16.1 Å². The summed E-state index contributed by atoms with van der Waals surface area (Å²) in [6.45, 7) is 8.16. The maximum absolute atomic E-state index is 12.6. The molecule has 1 heterocycles. The van der Waals surface area contributed by atoms with Crippen LogP contribution in [0.2, 0.25) is 0 Å². The molecule has 1 aliphatic rings. The molecule has 0 unspecified atom stereocenters. The number of hydrogen-bond acceptors (Lipinski definition) is 4. The van der Waals surface area contributed by atoms with Crippen LogP contribution in [-0.4, -0.2) is 21.5 Å². The van der Waals surface area contributed by atoms with E-state index in [4.69, 9.17) is 12.2 Å². The molecule has 0 radical (unpaired) electrons. The number of aryl methyl sites for hydroxylation is 1. The number of anilines is 1. The molecule has 0 fully saturated rings. The van der Waals surface area contributed by atoms with Crippen molar-refractivity contribution in [1.29, 1.82) is 0 Å². The van der Waals surface area contributed by atoms with Crippen LogP contribution in [0.3, 0.4) is 0 Å². The molecule has 6 nitrogen and oxygen atoms in total. The first-order valence-corrected chi connectivity index (χ1v) is 9.21. The highest BCUT2D eigenvalue weighted by atomic mass is 32.1. The number of nitro benzene ring substituents is 1. The van der Waals surface area contributed by atoms with Gasteiger partial charge >= 0.3 is 0 Å². The third kappa shape index (κ3) is 3.66. The third-order valence-corrected chi connectivity index (χ3v) is 5.01. The van der Waals surface area contributed by atoms with Crippen molar-refractivity contribution in [3.8, 4) is 0 Å². The zero-order valence-corrected chi connectivity index (χ0v) is 17.0. The predicted octanol–water partition coefficient (Wildman–Crippen LogP) is 4.62. The van der Waals surface area contributed by atoms with E-state index in [1.165, 1.54) is 24.3 Å². The molecule has 0 bridgehead atoms. The maximum Gasteiger partial charge on any atom is 0.269 e. The van der Waals surface area contributed by atoms with Gasteiger partial charge in [0.25, 0.3) is 11.6 Å². The standard InChI is InChI=1S/C21H21N3O3S/c1-13-5-10-18-17(11-13)14(2)12-21(3,4)23(18)20(28)22-19(25)15-6-8-16(9-7-15)24(26)27/h5-12H,1-4H3,(H,22,25,28). The molecule has 1 aliphatic heterocycles. The fourth-order valence-corrected chi connectivity index (χ4v) is 3.90. The summed E-state index contributed by atoms with van der Waals surface area (Å²) in [5.74, 6) is -0.407. The first-order chi connectivity index (χ1) is 13.1. The highest BCUT2D eigenvalue weighted by Crippen LogP contribution is 2.39. The first-order valence-electron chi connectivity index (χ1n) is 8.80. The van der Waals surface area contributed by atoms with E-state index in [1.807, 2.05) is 37.8 Å². The number of nitrogens with zero attached hydrogens (tertiary/aromatic N) is 2. The van der Waals surface area contributed by atoms with Gasteiger partial charge in [-0.05, 0) is 69.8 Å². The number of thiocarbonyl (C=S) groups is 1. The summed E-state index contributed by atoms with van der Waals surface area (Å²) in [5.41, 5.74) is 4.12. The number of carbonyl (C=O) groups is 1. The van der Waals surface area contributed by atoms with Gasteiger partial charge in [-0.3, -0.25) is 20.2 Å². The summed E-state index contributed by atoms with van der Waals surface area (Å²) in [4.78, 5) is 24.8. The lowest BCUT2D eigenvalue weighted by Gasteiger charge is -2.43. The normalized spacial score (nSPS) is 14.7. The lowest BCUT2D eigenvalue weighted by molar-refractivity contribution is -0.384. The van der Waals surface area contributed by atoms with Gasteiger partial charge in [0.2, 0.25) is 0 Å². The van der Waals surface area contributed by atoms with Crippen LogP contribution in [0, 0.1) is 17.0 Å². The van der Waals surface area contributed by atoms with E-state index < -0.39 is 16.4 Å². The van der Waals surface area contributed by atoms with Crippen molar-refractivity contribution < 1.29 is 9.72 Å². The predicted molar refractivity (Wildman–Crippen MR) is 115 cm³/mol. The summed E-state index contributed by atoms with van der Waals surface area (Å²) in [7, 11) is 0. The van der Waals surface area contributed by atoms with Gasteiger partial charge in [0.15, 0.2) is 5.11 Å². The average molecular weight is 395 g/mol. The second-order valence-electron chi connectivity index (χ2n) is 7.40. The van der Waals surface area contributed by atoms with E-state index in [-0.39, 0.29) is 10.8 Å². The molecule has 7 heteroatoms. The van der Waals surface area contributed by atoms with Gasteiger partial charge in [-0.15, -0.1) is 0 Å². The fourth-order valence-electron chi connectivity index (χ4n) is 3.47. The molecule has 0 saturated carbocycles. The number of rotatable bonds is 2. The molecule has 0 saturated heterocycles. The van der Waals surface area contributed by atoms with E-state index in [0.717, 1.165) is 22.4 Å². The Labute approximate surface area is 169 Å². The Hall–Kier alpha value is -3.06. The molecule has 0 aromatic heterocycles. The van der Waals surface area contributed by atoms with Crippen LogP contribution in [0.25, 0.3) is 5.57 Å². The SMILES string of the molecule is CC1=CC(C)(C)N(C(=S)NC(=O)c2ccc([N+](=O)[O-])cc2)c2ccc(C)cc21. The van der Waals surface area contributed by atoms with Crippen LogP contribution in [-0.2, 0) is 0 Å². The molecule has 3 rings (SSSR count). The Morgan fingerprint density at radius 2 is 1.79 bits per heavy atom. The van der Waals surface area contributed by atoms with Crippen molar-refractivity contribution >= 4 is 40.2 Å². The lowest BCUT2D eigenvalue weighted by atomic mass is 9.88. The largest absolute Gasteiger partial charge is 0.309 e. The van der Waals surface area contributed by atoms with E-state index in [2.05, 4.69) is 24.4 Å². The van der Waals surface area contributed by atoms with Gasteiger partial charge in [-0.2, -0.15) is 0 Å². The summed E-state index contributed by atoms with van der Waals surface area (Å²) in [6, 6.07) is 11.6. The number of benzene rings is 2. The van der Waals surface area contributed by atoms with Crippen LogP contribution in [0.15, 0.2) is 48.5 Å². The molecule has 0 aliphatic carbocycles. The van der Waals surface area contributed by atoms with Gasteiger partial charge in [-0.25, -0.2) is 0 Å². The van der Waals surface area contributed by atoms with Crippen molar-refractivity contribution in [2.24, 2.45) is 0 Å². The van der Waals surface area contributed by atoms with Crippen molar-refractivity contribution in [2.45, 2.75) is 33.2 Å². The van der Waals surface area contributed by atoms with Crippen LogP contribution < -0.4 is 10.2 Å². The number of carbonyl (C=O) groups excluding carboxylic acids is 1. The van der Waals surface area contributed by atoms with Crippen molar-refractivity contribution in [1.82, 2.24) is 5.32 Å². The zero-order chi connectivity index (χ0) is 20.6. The van der Waals surface area contributed by atoms with Crippen molar-refractivity contribution in [2.75, 3.05) is 4.90 Å². The molecule has 1 amide bonds. The summed E-state index contributed by atoms with van der Waals surface area (Å²) in [6.07, 6.45) is 2.12. The highest BCUT2D eigenvalue weighted by Gasteiger charge is 2.34. The van der Waals surface area contributed by atoms with E-state index >= 15 is 0 Å². The maximum atomic E-state index is 12.6. The second-order valence-corrected chi connectivity index (χ2v) is 7.79.